The number of hydrogen-bond acceptors (Lipinski definition) is 6. The number of hydrogen-bond donors (Lipinski definition) is 2. The lowest BCUT2D eigenvalue weighted by molar-refractivity contribution is 0.0600. The number of methoxy groups -OCH3 is 1. The number of H-pyrrole nitrogens is 2. The number of aromatic amines is 2. The number of nitrogens with one attached hydrogen (secondary N) is 2. The number of rotatable bonds is 5. The molecule has 34 heavy (non-hydrogen) atoms. The minimum absolute atomic E-state index is 0.124. The first-order chi connectivity index (χ1) is 16.6. The smallest absolute Gasteiger partial charge is 0.341 e. The number of esters is 1. The van der Waals surface area contributed by atoms with Crippen molar-refractivity contribution >= 4 is 16.9 Å². The summed E-state index contributed by atoms with van der Waals surface area (Å²) < 4.78 is 17.9. The number of para-hydroxylation sites is 1. The first-order valence-electron chi connectivity index (χ1n) is 10.7. The van der Waals surface area contributed by atoms with Crippen LogP contribution in [0.2, 0.25) is 0 Å². The lowest BCUT2D eigenvalue weighted by Gasteiger charge is -2.21. The first-order valence-corrected chi connectivity index (χ1v) is 10.7. The van der Waals surface area contributed by atoms with E-state index in [1.165, 1.54) is 7.11 Å². The fraction of sp³-hybridized carbons (Fsp3) is 0.160. The van der Waals surface area contributed by atoms with Crippen molar-refractivity contribution in [2.24, 2.45) is 0 Å². The second kappa shape index (κ2) is 7.80. The molecule has 2 N–H and O–H groups in total. The van der Waals surface area contributed by atoms with Crippen LogP contribution in [0.3, 0.4) is 0 Å². The number of nitrogens with zero attached hydrogens (tertiary/aromatic N) is 2. The van der Waals surface area contributed by atoms with Gasteiger partial charge in [0.2, 0.25) is 6.79 Å². The summed E-state index contributed by atoms with van der Waals surface area (Å²) in [4.78, 5) is 28.2. The van der Waals surface area contributed by atoms with E-state index in [1.54, 1.807) is 12.4 Å². The summed E-state index contributed by atoms with van der Waals surface area (Å²) >= 11 is 0. The summed E-state index contributed by atoms with van der Waals surface area (Å²) in [7, 11) is 1.30. The van der Waals surface area contributed by atoms with Gasteiger partial charge < -0.3 is 23.8 Å². The van der Waals surface area contributed by atoms with Crippen molar-refractivity contribution in [1.82, 2.24) is 19.7 Å². The molecule has 0 aliphatic carbocycles. The molecule has 0 spiro atoms. The van der Waals surface area contributed by atoms with Crippen LogP contribution in [-0.2, 0) is 11.3 Å². The molecule has 2 aromatic carbocycles. The summed E-state index contributed by atoms with van der Waals surface area (Å²) in [5.74, 6) is 0.714. The Morgan fingerprint density at radius 2 is 2.03 bits per heavy atom. The average molecular weight is 456 g/mol. The molecule has 3 aliphatic rings. The molecule has 1 aromatic heterocycles. The monoisotopic (exact) mass is 456 g/mol. The largest absolute Gasteiger partial charge is 0.465 e. The summed E-state index contributed by atoms with van der Waals surface area (Å²) in [6.45, 7) is 0.642. The topological polar surface area (TPSA) is 111 Å². The van der Waals surface area contributed by atoms with Crippen LogP contribution < -0.4 is 15.0 Å². The Morgan fingerprint density at radius 1 is 1.18 bits per heavy atom. The molecular weight excluding hydrogens is 436 g/mol. The normalized spacial score (nSPS) is 13.4. The molecule has 0 saturated heterocycles. The van der Waals surface area contributed by atoms with E-state index in [9.17, 15) is 9.59 Å². The zero-order valence-electron chi connectivity index (χ0n) is 18.2. The van der Waals surface area contributed by atoms with E-state index in [0.717, 1.165) is 22.0 Å². The van der Waals surface area contributed by atoms with Gasteiger partial charge in [-0.1, -0.05) is 24.3 Å². The van der Waals surface area contributed by atoms with Crippen LogP contribution in [0.5, 0.6) is 11.5 Å². The highest BCUT2D eigenvalue weighted by Crippen LogP contribution is 2.39. The van der Waals surface area contributed by atoms with E-state index in [-0.39, 0.29) is 23.8 Å². The van der Waals surface area contributed by atoms with Crippen molar-refractivity contribution in [1.29, 1.82) is 0 Å². The molecule has 0 fully saturated rings. The average Bonchev–Trinajstić information content (AvgIpc) is 3.60. The molecular formula is C25H20N4O5. The summed E-state index contributed by atoms with van der Waals surface area (Å²) in [6, 6.07) is 14.0. The molecule has 1 atom stereocenters. The maximum atomic E-state index is 12.4. The SMILES string of the molecule is COC(=O)c1cn(C[C@H](c2ccc3c(c2)OCO3)c2c[nH]c3ccccc23)cc2c(=O)[nH]nc1-2. The van der Waals surface area contributed by atoms with E-state index in [0.29, 0.717) is 29.3 Å². The van der Waals surface area contributed by atoms with Crippen LogP contribution >= 0.6 is 0 Å². The summed E-state index contributed by atoms with van der Waals surface area (Å²) in [5.41, 5.74) is 3.59. The van der Waals surface area contributed by atoms with Crippen molar-refractivity contribution in [2.75, 3.05) is 13.9 Å². The van der Waals surface area contributed by atoms with E-state index in [2.05, 4.69) is 21.2 Å². The van der Waals surface area contributed by atoms with Gasteiger partial charge in [-0.25, -0.2) is 9.89 Å². The predicted molar refractivity (Wildman–Crippen MR) is 124 cm³/mol. The zero-order chi connectivity index (χ0) is 23.2. The number of aromatic nitrogens is 4. The number of benzene rings is 2. The van der Waals surface area contributed by atoms with Crippen LogP contribution in [0.4, 0.5) is 0 Å². The van der Waals surface area contributed by atoms with Gasteiger partial charge in [0.15, 0.2) is 11.5 Å². The molecule has 3 aromatic rings. The van der Waals surface area contributed by atoms with Crippen molar-refractivity contribution in [3.63, 3.8) is 0 Å². The molecule has 170 valence electrons. The molecule has 4 heterocycles. The quantitative estimate of drug-likeness (QED) is 0.392. The minimum Gasteiger partial charge on any atom is -0.465 e. The van der Waals surface area contributed by atoms with Gasteiger partial charge in [0.25, 0.3) is 5.56 Å². The highest BCUT2D eigenvalue weighted by molar-refractivity contribution is 5.96. The van der Waals surface area contributed by atoms with Crippen molar-refractivity contribution in [2.45, 2.75) is 12.5 Å². The highest BCUT2D eigenvalue weighted by Gasteiger charge is 2.25. The summed E-state index contributed by atoms with van der Waals surface area (Å²) in [5, 5.41) is 7.53. The minimum atomic E-state index is -0.558. The third-order valence-corrected chi connectivity index (χ3v) is 6.21. The van der Waals surface area contributed by atoms with Gasteiger partial charge in [-0.2, -0.15) is 5.10 Å². The fourth-order valence-electron chi connectivity index (χ4n) is 4.56. The number of fused-ring (bicyclic) bond motifs is 3. The third-order valence-electron chi connectivity index (χ3n) is 6.21. The van der Waals surface area contributed by atoms with Gasteiger partial charge in [-0.15, -0.1) is 0 Å². The highest BCUT2D eigenvalue weighted by atomic mass is 16.7. The molecule has 9 heteroatoms. The van der Waals surface area contributed by atoms with Gasteiger partial charge in [-0.3, -0.25) is 4.79 Å². The number of ether oxygens (including phenoxy) is 3. The molecule has 6 rings (SSSR count). The van der Waals surface area contributed by atoms with Gasteiger partial charge >= 0.3 is 5.97 Å². The number of carbonyl (C=O) groups is 1. The maximum Gasteiger partial charge on any atom is 0.341 e. The Balaban J connectivity index is 1.51. The van der Waals surface area contributed by atoms with Crippen molar-refractivity contribution < 1.29 is 19.0 Å². The standard InChI is InChI=1S/C25H20N4O5/c1-32-25(31)19-12-29(11-18-23(19)27-28-24(18)30)10-17(14-6-7-21-22(8-14)34-13-33-21)16-9-26-20-5-3-2-4-15(16)20/h2-9,11-12,17,26H,10,13H2,1H3,(H,28,30)/t17-/m1/s1. The van der Waals surface area contributed by atoms with Gasteiger partial charge in [0.1, 0.15) is 11.3 Å². The van der Waals surface area contributed by atoms with Gasteiger partial charge in [-0.05, 0) is 29.3 Å². The third kappa shape index (κ3) is 3.21. The van der Waals surface area contributed by atoms with Gasteiger partial charge in [0, 0.05) is 42.0 Å². The molecule has 3 aliphatic heterocycles. The fourth-order valence-corrected chi connectivity index (χ4v) is 4.56. The van der Waals surface area contributed by atoms with Crippen LogP contribution in [0.1, 0.15) is 27.4 Å². The van der Waals surface area contributed by atoms with Crippen molar-refractivity contribution in [3.8, 4) is 22.8 Å². The Hall–Kier alpha value is -4.53. The Bertz CT molecular complexity index is 1560. The molecule has 9 nitrogen and oxygen atoms in total. The van der Waals surface area contributed by atoms with Crippen LogP contribution in [0.15, 0.2) is 65.8 Å². The Kier molecular flexibility index (Phi) is 4.61. The maximum absolute atomic E-state index is 12.4. The van der Waals surface area contributed by atoms with E-state index >= 15 is 0 Å². The Morgan fingerprint density at radius 3 is 2.91 bits per heavy atom. The molecule has 0 amide bonds. The zero-order valence-corrected chi connectivity index (χ0v) is 18.2. The van der Waals surface area contributed by atoms with Crippen LogP contribution in [-0.4, -0.2) is 39.6 Å². The first kappa shape index (κ1) is 20.1. The molecule has 0 saturated carbocycles. The number of carbonyl (C=O) groups excluding carboxylic acids is 1. The second-order valence-electron chi connectivity index (χ2n) is 8.13. The van der Waals surface area contributed by atoms with E-state index in [4.69, 9.17) is 14.2 Å². The number of pyridine rings is 1. The van der Waals surface area contributed by atoms with Gasteiger partial charge in [0.05, 0.1) is 12.7 Å². The lowest BCUT2D eigenvalue weighted by Crippen LogP contribution is -2.16. The van der Waals surface area contributed by atoms with E-state index < -0.39 is 5.97 Å². The van der Waals surface area contributed by atoms with Crippen molar-refractivity contribution in [3.05, 3.63) is 88.1 Å². The lowest BCUT2D eigenvalue weighted by atomic mass is 9.90. The molecule has 0 unspecified atom stereocenters. The van der Waals surface area contributed by atoms with Crippen LogP contribution in [0.25, 0.3) is 22.2 Å². The van der Waals surface area contributed by atoms with E-state index in [1.807, 2.05) is 47.2 Å². The molecule has 0 bridgehead atoms. The Labute approximate surface area is 193 Å². The molecule has 0 radical (unpaired) electrons. The van der Waals surface area contributed by atoms with Crippen LogP contribution in [0, 0.1) is 0 Å². The predicted octanol–water partition coefficient (Wildman–Crippen LogP) is 3.50. The summed E-state index contributed by atoms with van der Waals surface area (Å²) in [6.07, 6.45) is 5.38. The second-order valence-corrected chi connectivity index (χ2v) is 8.13.